The Morgan fingerprint density at radius 1 is 0.500 bits per heavy atom. The second-order valence-electron chi connectivity index (χ2n) is 14.6. The van der Waals surface area contributed by atoms with Crippen LogP contribution in [0.1, 0.15) is 207 Å². The lowest BCUT2D eigenvalue weighted by Crippen LogP contribution is -1.93. The summed E-state index contributed by atoms with van der Waals surface area (Å²) in [5.41, 5.74) is 1.00. The Morgan fingerprint density at radius 2 is 0.522 bits per heavy atom. The van der Waals surface area contributed by atoms with Gasteiger partial charge < -0.3 is 9.59 Å². The van der Waals surface area contributed by atoms with Gasteiger partial charge >= 0.3 is 0 Å². The van der Waals surface area contributed by atoms with Gasteiger partial charge in [-0.2, -0.15) is 0 Å². The molecule has 0 atom stereocenters. The van der Waals surface area contributed by atoms with E-state index in [4.69, 9.17) is 0 Å². The van der Waals surface area contributed by atoms with Crippen molar-refractivity contribution in [3.63, 3.8) is 0 Å². The minimum absolute atomic E-state index is 0.167. The van der Waals surface area contributed by atoms with Gasteiger partial charge in [0.1, 0.15) is 11.6 Å². The van der Waals surface area contributed by atoms with E-state index in [0.29, 0.717) is 10.8 Å². The molecule has 0 spiro atoms. The third-order valence-electron chi connectivity index (χ3n) is 0.667. The second kappa shape index (κ2) is 84.3. The van der Waals surface area contributed by atoms with Crippen molar-refractivity contribution in [2.45, 2.75) is 207 Å². The van der Waals surface area contributed by atoms with E-state index in [1.54, 1.807) is 13.8 Å². The van der Waals surface area contributed by atoms with Crippen molar-refractivity contribution in [3.05, 3.63) is 24.3 Å². The molecule has 0 amide bonds. The number of hydrogen-bond donors (Lipinski definition) is 0. The number of ketones is 2. The molecule has 2 nitrogen and oxygen atoms in total. The first-order valence-electron chi connectivity index (χ1n) is 17.3. The molecular weight excluding hydrogens is 560 g/mol. The predicted molar refractivity (Wildman–Crippen MR) is 226 cm³/mol. The molecule has 0 aromatic heterocycles. The highest BCUT2D eigenvalue weighted by Crippen LogP contribution is 2.08. The molecule has 0 aliphatic rings. The zero-order valence-corrected chi connectivity index (χ0v) is 37.8. The fourth-order valence-corrected chi connectivity index (χ4v) is 0. The topological polar surface area (TPSA) is 34.1 Å². The van der Waals surface area contributed by atoms with E-state index < -0.39 is 0 Å². The third kappa shape index (κ3) is 19500000. The van der Waals surface area contributed by atoms with E-state index >= 15 is 0 Å². The van der Waals surface area contributed by atoms with Gasteiger partial charge in [0.15, 0.2) is 0 Å². The Labute approximate surface area is 298 Å². The van der Waals surface area contributed by atoms with Gasteiger partial charge in [0.25, 0.3) is 0 Å². The maximum absolute atomic E-state index is 9.44. The van der Waals surface area contributed by atoms with Crippen molar-refractivity contribution in [2.75, 3.05) is 0 Å². The smallest absolute Gasteiger partial charge is 0.126 e. The molecule has 0 rings (SSSR count). The van der Waals surface area contributed by atoms with Crippen molar-refractivity contribution in [1.82, 2.24) is 0 Å². The molecule has 0 aliphatic heterocycles. The number of allylic oxidation sites excluding steroid dienone is 4. The van der Waals surface area contributed by atoms with Gasteiger partial charge in [-0.25, -0.2) is 0 Å². The highest BCUT2D eigenvalue weighted by Gasteiger charge is 1.96. The van der Waals surface area contributed by atoms with Crippen LogP contribution in [-0.2, 0) is 9.59 Å². The van der Waals surface area contributed by atoms with E-state index in [0.717, 1.165) is 11.8 Å². The van der Waals surface area contributed by atoms with Gasteiger partial charge in [-0.1, -0.05) is 162 Å². The van der Waals surface area contributed by atoms with Crippen LogP contribution in [0.2, 0.25) is 0 Å². The molecule has 0 unspecified atom stereocenters. The number of rotatable bonds is 0. The van der Waals surface area contributed by atoms with Crippen LogP contribution in [0.15, 0.2) is 24.3 Å². The molecule has 0 saturated heterocycles. The first-order valence-corrected chi connectivity index (χ1v) is 17.3. The molecule has 284 valence electrons. The van der Waals surface area contributed by atoms with Crippen molar-refractivity contribution >= 4 is 11.6 Å². The number of Topliss-reactive ketones (excluding diaryl/α,β-unsaturated/α-hetero) is 2. The SMILES string of the molecule is C#CC.C#CC.C/C=C/C.CC(C)(C)C.CC(C)(C)C.CC(C)=O.CC(C)=O.CC(C)C.CC(C)C.CC=CC.CCC.CCC. The average molecular weight is 657 g/mol. The summed E-state index contributed by atoms with van der Waals surface area (Å²) >= 11 is 0. The van der Waals surface area contributed by atoms with Gasteiger partial charge in [-0.3, -0.25) is 0 Å². The molecule has 0 fully saturated rings. The van der Waals surface area contributed by atoms with E-state index in [1.807, 2.05) is 52.0 Å². The summed E-state index contributed by atoms with van der Waals surface area (Å²) in [6, 6.07) is 0. The van der Waals surface area contributed by atoms with Crippen molar-refractivity contribution in [3.8, 4) is 24.7 Å². The van der Waals surface area contributed by atoms with E-state index in [2.05, 4.69) is 149 Å². The monoisotopic (exact) mass is 657 g/mol. The summed E-state index contributed by atoms with van der Waals surface area (Å²) in [4.78, 5) is 18.9. The summed E-state index contributed by atoms with van der Waals surface area (Å²) in [6.45, 7) is 56.4. The molecule has 2 heteroatoms. The maximum Gasteiger partial charge on any atom is 0.126 e. The lowest BCUT2D eigenvalue weighted by Gasteiger charge is -2.05. The fraction of sp³-hybridized carbons (Fsp3) is 0.773. The highest BCUT2D eigenvalue weighted by atomic mass is 16.1. The lowest BCUT2D eigenvalue weighted by atomic mass is 10.0. The van der Waals surface area contributed by atoms with Crippen LogP contribution < -0.4 is 0 Å². The molecule has 0 radical (unpaired) electrons. The minimum Gasteiger partial charge on any atom is -0.300 e. The Hall–Kier alpha value is -2.06. The molecule has 0 N–H and O–H groups in total. The van der Waals surface area contributed by atoms with Crippen LogP contribution >= 0.6 is 0 Å². The van der Waals surface area contributed by atoms with Gasteiger partial charge in [0, 0.05) is 0 Å². The number of carbonyl (C=O) groups excluding carboxylic acids is 2. The van der Waals surface area contributed by atoms with Crippen molar-refractivity contribution < 1.29 is 9.59 Å². The molecular formula is C44H96O2. The van der Waals surface area contributed by atoms with Crippen LogP contribution in [0.25, 0.3) is 0 Å². The molecule has 0 bridgehead atoms. The van der Waals surface area contributed by atoms with Gasteiger partial charge in [-0.15, -0.1) is 24.7 Å². The van der Waals surface area contributed by atoms with Crippen LogP contribution in [0.3, 0.4) is 0 Å². The molecule has 0 saturated carbocycles. The summed E-state index contributed by atoms with van der Waals surface area (Å²) in [7, 11) is 0. The Kier molecular flexibility index (Phi) is 145. The van der Waals surface area contributed by atoms with Crippen LogP contribution in [0, 0.1) is 47.4 Å². The number of carbonyl (C=O) groups is 2. The first-order chi connectivity index (χ1) is 20.4. The van der Waals surface area contributed by atoms with E-state index in [9.17, 15) is 9.59 Å². The van der Waals surface area contributed by atoms with Crippen LogP contribution in [0.4, 0.5) is 0 Å². The summed E-state index contributed by atoms with van der Waals surface area (Å²) in [6.07, 6.45) is 19.7. The minimum atomic E-state index is 0.167. The summed E-state index contributed by atoms with van der Waals surface area (Å²) < 4.78 is 0. The molecule has 0 aliphatic carbocycles. The average Bonchev–Trinajstić information content (AvgIpc) is 2.77. The molecule has 0 aromatic rings. The Bertz CT molecular complexity index is 488. The molecule has 46 heavy (non-hydrogen) atoms. The van der Waals surface area contributed by atoms with E-state index in [1.165, 1.54) is 40.5 Å². The highest BCUT2D eigenvalue weighted by molar-refractivity contribution is 5.72. The number of terminal acetylenes is 2. The second-order valence-corrected chi connectivity index (χ2v) is 14.6. The van der Waals surface area contributed by atoms with E-state index in [-0.39, 0.29) is 11.6 Å². The van der Waals surface area contributed by atoms with Crippen LogP contribution in [-0.4, -0.2) is 11.6 Å². The summed E-state index contributed by atoms with van der Waals surface area (Å²) in [5, 5.41) is 0. The van der Waals surface area contributed by atoms with Crippen LogP contribution in [0.5, 0.6) is 0 Å². The standard InChI is InChI=1S/2C5H12.2C4H10.2C4H8.2C3H6O.2C3H8.2C3H4/c2*1-5(2,3)4;2*1-4(2)3;2*1-3-4-2;2*1-3(2)4;4*1-3-2/h2*1-4H3;2*4H,1-3H3;2*3-4H,1-2H3;2*1-2H3;2*3H2,1-2H3;2*1H,2H3/b;;;;4-3+;;;;;;;. The Morgan fingerprint density at radius 3 is 0.522 bits per heavy atom. The third-order valence-corrected chi connectivity index (χ3v) is 0.667. The van der Waals surface area contributed by atoms with Crippen molar-refractivity contribution in [1.29, 1.82) is 0 Å². The van der Waals surface area contributed by atoms with Crippen molar-refractivity contribution in [2.24, 2.45) is 22.7 Å². The zero-order valence-electron chi connectivity index (χ0n) is 37.8. The molecule has 0 aromatic carbocycles. The fourth-order valence-electron chi connectivity index (χ4n) is 0. The van der Waals surface area contributed by atoms with Gasteiger partial charge in [0.2, 0.25) is 0 Å². The van der Waals surface area contributed by atoms with Gasteiger partial charge in [0.05, 0.1) is 0 Å². The summed E-state index contributed by atoms with van der Waals surface area (Å²) in [5.74, 6) is 6.50. The Balaban J connectivity index is -0.0000000275. The normalized spacial score (nSPS) is 8.09. The predicted octanol–water partition coefficient (Wildman–Crippen LogP) is 15.9. The van der Waals surface area contributed by atoms with Gasteiger partial charge in [-0.05, 0) is 91.9 Å². The largest absolute Gasteiger partial charge is 0.300 e. The lowest BCUT2D eigenvalue weighted by molar-refractivity contribution is -0.115. The number of hydrogen-bond acceptors (Lipinski definition) is 2. The zero-order chi connectivity index (χ0) is 41.0. The maximum atomic E-state index is 9.44. The quantitative estimate of drug-likeness (QED) is 0.192. The first kappa shape index (κ1) is 79.4. The molecule has 0 heterocycles.